The number of nitrogens with one attached hydrogen (secondary N) is 2. The molecule has 9 nitrogen and oxygen atoms in total. The number of nitrogens with zero attached hydrogens (tertiary/aromatic N) is 6. The third-order valence-electron chi connectivity index (χ3n) is 5.69. The molecule has 3 aromatic rings. The molecule has 9 heteroatoms. The highest BCUT2D eigenvalue weighted by atomic mass is 16.2. The van der Waals surface area contributed by atoms with Crippen LogP contribution in [0.15, 0.2) is 30.6 Å². The summed E-state index contributed by atoms with van der Waals surface area (Å²) in [4.78, 5) is 26.0. The first-order chi connectivity index (χ1) is 14.4. The maximum absolute atomic E-state index is 13.0. The summed E-state index contributed by atoms with van der Waals surface area (Å²) in [5.74, 6) is 1.44. The average Bonchev–Trinajstić information content (AvgIpc) is 3.29. The Kier molecular flexibility index (Phi) is 4.35. The van der Waals surface area contributed by atoms with Gasteiger partial charge in [-0.1, -0.05) is 0 Å². The van der Waals surface area contributed by atoms with Crippen LogP contribution in [0.1, 0.15) is 25.2 Å². The van der Waals surface area contributed by atoms with Gasteiger partial charge in [-0.05, 0) is 45.4 Å². The molecule has 1 saturated heterocycles. The van der Waals surface area contributed by atoms with Crippen LogP contribution in [-0.2, 0) is 6.42 Å². The molecular weight excluding hydrogens is 380 g/mol. The topological polar surface area (TPSA) is 90.7 Å². The van der Waals surface area contributed by atoms with E-state index in [1.165, 1.54) is 5.69 Å². The van der Waals surface area contributed by atoms with E-state index in [1.807, 2.05) is 19.1 Å². The van der Waals surface area contributed by atoms with Crippen molar-refractivity contribution >= 4 is 28.9 Å². The van der Waals surface area contributed by atoms with Crippen molar-refractivity contribution in [1.29, 1.82) is 0 Å². The van der Waals surface area contributed by atoms with Gasteiger partial charge >= 0.3 is 6.03 Å². The predicted molar refractivity (Wildman–Crippen MR) is 116 cm³/mol. The number of hydrogen-bond donors (Lipinski definition) is 2. The fraction of sp³-hybridized carbons (Fsp3) is 0.429. The number of piperazine rings is 1. The summed E-state index contributed by atoms with van der Waals surface area (Å²) in [5.41, 5.74) is 3.81. The maximum atomic E-state index is 13.0. The van der Waals surface area contributed by atoms with Gasteiger partial charge in [-0.15, -0.1) is 0 Å². The summed E-state index contributed by atoms with van der Waals surface area (Å²) >= 11 is 0. The van der Waals surface area contributed by atoms with Crippen molar-refractivity contribution in [3.63, 3.8) is 0 Å². The lowest BCUT2D eigenvalue weighted by Gasteiger charge is -2.41. The summed E-state index contributed by atoms with van der Waals surface area (Å²) in [6.45, 7) is 9.71. The molecule has 0 bridgehead atoms. The van der Waals surface area contributed by atoms with E-state index in [9.17, 15) is 4.79 Å². The SMILES string of the molecule is Cc1nc2ccc(NC(=O)N3CCc4c(N5CCNC(C)(C)C5)ccnc43)cn2n1. The van der Waals surface area contributed by atoms with Gasteiger partial charge in [-0.3, -0.25) is 4.90 Å². The fourth-order valence-corrected chi connectivity index (χ4v) is 4.37. The number of carbonyl (C=O) groups is 1. The van der Waals surface area contributed by atoms with E-state index in [2.05, 4.69) is 50.5 Å². The molecule has 2 aliphatic heterocycles. The van der Waals surface area contributed by atoms with Gasteiger partial charge in [-0.2, -0.15) is 5.10 Å². The maximum Gasteiger partial charge on any atom is 0.327 e. The molecule has 0 aromatic carbocycles. The van der Waals surface area contributed by atoms with Gasteiger partial charge in [0.2, 0.25) is 0 Å². The second-order valence-corrected chi connectivity index (χ2v) is 8.58. The van der Waals surface area contributed by atoms with Crippen molar-refractivity contribution in [2.24, 2.45) is 0 Å². The number of urea groups is 1. The molecule has 156 valence electrons. The average molecular weight is 406 g/mol. The first-order valence-corrected chi connectivity index (χ1v) is 10.3. The lowest BCUT2D eigenvalue weighted by Crippen LogP contribution is -2.57. The number of aromatic nitrogens is 4. The van der Waals surface area contributed by atoms with E-state index in [0.717, 1.165) is 43.1 Å². The Morgan fingerprint density at radius 1 is 1.23 bits per heavy atom. The number of fused-ring (bicyclic) bond motifs is 2. The Labute approximate surface area is 175 Å². The van der Waals surface area contributed by atoms with E-state index < -0.39 is 0 Å². The molecule has 1 fully saturated rings. The zero-order chi connectivity index (χ0) is 20.9. The lowest BCUT2D eigenvalue weighted by molar-refractivity contribution is 0.257. The van der Waals surface area contributed by atoms with Crippen LogP contribution in [0, 0.1) is 6.92 Å². The van der Waals surface area contributed by atoms with Crippen LogP contribution in [-0.4, -0.2) is 57.3 Å². The van der Waals surface area contributed by atoms with Gasteiger partial charge in [0.1, 0.15) is 11.6 Å². The number of rotatable bonds is 2. The third-order valence-corrected chi connectivity index (χ3v) is 5.69. The van der Waals surface area contributed by atoms with Crippen molar-refractivity contribution in [3.8, 4) is 0 Å². The van der Waals surface area contributed by atoms with E-state index >= 15 is 0 Å². The summed E-state index contributed by atoms with van der Waals surface area (Å²) in [7, 11) is 0. The molecular formula is C21H26N8O. The Balaban J connectivity index is 1.38. The highest BCUT2D eigenvalue weighted by Gasteiger charge is 2.32. The second-order valence-electron chi connectivity index (χ2n) is 8.58. The van der Waals surface area contributed by atoms with Crippen molar-refractivity contribution in [2.45, 2.75) is 32.7 Å². The molecule has 0 atom stereocenters. The number of pyridine rings is 2. The monoisotopic (exact) mass is 406 g/mol. The molecule has 0 aliphatic carbocycles. The van der Waals surface area contributed by atoms with Crippen molar-refractivity contribution < 1.29 is 4.79 Å². The molecule has 30 heavy (non-hydrogen) atoms. The van der Waals surface area contributed by atoms with E-state index in [-0.39, 0.29) is 11.6 Å². The zero-order valence-corrected chi connectivity index (χ0v) is 17.5. The molecule has 5 rings (SSSR count). The summed E-state index contributed by atoms with van der Waals surface area (Å²) in [6, 6.07) is 5.57. The quantitative estimate of drug-likeness (QED) is 0.678. The largest absolute Gasteiger partial charge is 0.368 e. The predicted octanol–water partition coefficient (Wildman–Crippen LogP) is 2.22. The molecule has 0 radical (unpaired) electrons. The highest BCUT2D eigenvalue weighted by Crippen LogP contribution is 2.35. The standard InChI is InChI=1S/C21H26N8O/c1-14-24-18-5-4-15(12-29(18)26-14)25-20(30)28-10-7-16-17(6-8-22-19(16)28)27-11-9-23-21(2,3)13-27/h4-6,8,12,23H,7,9-11,13H2,1-3H3,(H,25,30). The Morgan fingerprint density at radius 3 is 2.93 bits per heavy atom. The second kappa shape index (κ2) is 6.94. The number of amides is 2. The summed E-state index contributed by atoms with van der Waals surface area (Å²) in [5, 5.41) is 10.8. The molecule has 2 aliphatic rings. The number of carbonyl (C=O) groups excluding carboxylic acids is 1. The van der Waals surface area contributed by atoms with Gasteiger partial charge in [0, 0.05) is 49.2 Å². The fourth-order valence-electron chi connectivity index (χ4n) is 4.37. The van der Waals surface area contributed by atoms with Crippen LogP contribution in [0.3, 0.4) is 0 Å². The normalized spacial score (nSPS) is 18.0. The Hall–Kier alpha value is -3.20. The third kappa shape index (κ3) is 3.35. The lowest BCUT2D eigenvalue weighted by atomic mass is 10.0. The van der Waals surface area contributed by atoms with Gasteiger partial charge < -0.3 is 15.5 Å². The van der Waals surface area contributed by atoms with Gasteiger partial charge in [-0.25, -0.2) is 19.3 Å². The molecule has 2 N–H and O–H groups in total. The summed E-state index contributed by atoms with van der Waals surface area (Å²) in [6.07, 6.45) is 4.38. The van der Waals surface area contributed by atoms with Crippen LogP contribution < -0.4 is 20.4 Å². The Bertz CT molecular complexity index is 1120. The van der Waals surface area contributed by atoms with Crippen molar-refractivity contribution in [1.82, 2.24) is 24.9 Å². The molecule has 3 aromatic heterocycles. The Morgan fingerprint density at radius 2 is 2.10 bits per heavy atom. The molecule has 0 spiro atoms. The molecule has 0 unspecified atom stereocenters. The van der Waals surface area contributed by atoms with Crippen LogP contribution in [0.2, 0.25) is 0 Å². The first kappa shape index (κ1) is 18.8. The molecule has 0 saturated carbocycles. The van der Waals surface area contributed by atoms with E-state index in [1.54, 1.807) is 21.8 Å². The van der Waals surface area contributed by atoms with Gasteiger partial charge in [0.25, 0.3) is 0 Å². The number of aryl methyl sites for hydroxylation is 1. The minimum Gasteiger partial charge on any atom is -0.368 e. The van der Waals surface area contributed by atoms with Crippen molar-refractivity contribution in [3.05, 3.63) is 42.0 Å². The number of anilines is 3. The highest BCUT2D eigenvalue weighted by molar-refractivity contribution is 6.03. The smallest absolute Gasteiger partial charge is 0.327 e. The van der Waals surface area contributed by atoms with Crippen LogP contribution in [0.5, 0.6) is 0 Å². The first-order valence-electron chi connectivity index (χ1n) is 10.3. The summed E-state index contributed by atoms with van der Waals surface area (Å²) < 4.78 is 1.67. The molecule has 5 heterocycles. The van der Waals surface area contributed by atoms with E-state index in [4.69, 9.17) is 0 Å². The number of hydrogen-bond acceptors (Lipinski definition) is 6. The minimum absolute atomic E-state index is 0.0580. The minimum atomic E-state index is -0.185. The van der Waals surface area contributed by atoms with Crippen LogP contribution in [0.4, 0.5) is 22.0 Å². The van der Waals surface area contributed by atoms with Crippen LogP contribution in [0.25, 0.3) is 5.65 Å². The van der Waals surface area contributed by atoms with Crippen molar-refractivity contribution in [2.75, 3.05) is 41.3 Å². The molecule has 2 amide bonds. The van der Waals surface area contributed by atoms with Gasteiger partial charge in [0.15, 0.2) is 5.65 Å². The van der Waals surface area contributed by atoms with Gasteiger partial charge in [0.05, 0.1) is 11.9 Å². The van der Waals surface area contributed by atoms with E-state index in [0.29, 0.717) is 18.1 Å². The van der Waals surface area contributed by atoms with Crippen LogP contribution >= 0.6 is 0 Å². The zero-order valence-electron chi connectivity index (χ0n) is 17.5.